The molecule has 17 heavy (non-hydrogen) atoms. The zero-order valence-electron chi connectivity index (χ0n) is 11.2. The Labute approximate surface area is 109 Å². The number of ether oxygens (including phenoxy) is 1. The molecule has 0 spiro atoms. The lowest BCUT2D eigenvalue weighted by Crippen LogP contribution is -2.27. The Morgan fingerprint density at radius 3 is 2.65 bits per heavy atom. The minimum atomic E-state index is -0.363. The van der Waals surface area contributed by atoms with Gasteiger partial charge >= 0.3 is 5.97 Å². The molecule has 1 aliphatic carbocycles. The Balaban J connectivity index is 2.06. The van der Waals surface area contributed by atoms with Crippen molar-refractivity contribution >= 4 is 17.7 Å². The van der Waals surface area contributed by atoms with Crippen LogP contribution in [0.4, 0.5) is 0 Å². The lowest BCUT2D eigenvalue weighted by Gasteiger charge is -2.19. The lowest BCUT2D eigenvalue weighted by atomic mass is 10.2. The molecule has 1 rings (SSSR count). The third-order valence-corrected chi connectivity index (χ3v) is 4.32. The summed E-state index contributed by atoms with van der Waals surface area (Å²) in [5, 5.41) is 0.605. The van der Waals surface area contributed by atoms with E-state index in [0.717, 1.165) is 18.6 Å². The molecule has 4 heteroatoms. The fourth-order valence-electron chi connectivity index (χ4n) is 2.01. The highest BCUT2D eigenvalue weighted by molar-refractivity contribution is 7.99. The van der Waals surface area contributed by atoms with Gasteiger partial charge in [-0.15, -0.1) is 0 Å². The summed E-state index contributed by atoms with van der Waals surface area (Å²) in [6, 6.07) is 0.363. The third-order valence-electron chi connectivity index (χ3n) is 2.78. The Kier molecular flexibility index (Phi) is 5.80. The molecule has 0 heterocycles. The molecule has 0 aliphatic heterocycles. The molecule has 2 N–H and O–H groups in total. The first kappa shape index (κ1) is 14.8. The number of carbonyl (C=O) groups is 1. The van der Waals surface area contributed by atoms with Gasteiger partial charge in [0.05, 0.1) is 0 Å². The summed E-state index contributed by atoms with van der Waals surface area (Å²) in [6.45, 7) is 5.70. The van der Waals surface area contributed by atoms with Gasteiger partial charge < -0.3 is 10.5 Å². The van der Waals surface area contributed by atoms with Gasteiger partial charge in [0.2, 0.25) is 0 Å². The van der Waals surface area contributed by atoms with Crippen molar-refractivity contribution in [2.24, 2.45) is 5.73 Å². The van der Waals surface area contributed by atoms with E-state index in [0.29, 0.717) is 17.7 Å². The second kappa shape index (κ2) is 6.64. The van der Waals surface area contributed by atoms with Crippen LogP contribution in [0.3, 0.4) is 0 Å². The van der Waals surface area contributed by atoms with Crippen molar-refractivity contribution in [2.75, 3.05) is 5.75 Å². The molecule has 0 saturated heterocycles. The van der Waals surface area contributed by atoms with Crippen LogP contribution in [-0.2, 0) is 9.53 Å². The molecule has 1 saturated carbocycles. The summed E-state index contributed by atoms with van der Waals surface area (Å²) in [4.78, 5) is 11.5. The van der Waals surface area contributed by atoms with Gasteiger partial charge in [0.25, 0.3) is 0 Å². The van der Waals surface area contributed by atoms with Crippen molar-refractivity contribution in [1.29, 1.82) is 0 Å². The van der Waals surface area contributed by atoms with E-state index in [1.165, 1.54) is 12.8 Å². The molecule has 2 unspecified atom stereocenters. The van der Waals surface area contributed by atoms with E-state index in [1.807, 2.05) is 32.5 Å². The van der Waals surface area contributed by atoms with Crippen LogP contribution in [0.5, 0.6) is 0 Å². The average Bonchev–Trinajstić information content (AvgIpc) is 2.56. The predicted molar refractivity (Wildman–Crippen MR) is 73.2 cm³/mol. The number of carbonyl (C=O) groups excluding carboxylic acids is 1. The highest BCUT2D eigenvalue weighted by atomic mass is 32.2. The van der Waals surface area contributed by atoms with Gasteiger partial charge in [-0.25, -0.2) is 0 Å². The number of hydrogen-bond acceptors (Lipinski definition) is 4. The van der Waals surface area contributed by atoms with Gasteiger partial charge in [-0.3, -0.25) is 4.79 Å². The summed E-state index contributed by atoms with van der Waals surface area (Å²) < 4.78 is 5.26. The number of nitrogens with two attached hydrogens (primary N) is 1. The molecule has 1 fully saturated rings. The Morgan fingerprint density at radius 2 is 2.12 bits per heavy atom. The molecule has 0 aromatic rings. The monoisotopic (exact) mass is 259 g/mol. The first-order chi connectivity index (χ1) is 7.88. The highest BCUT2D eigenvalue weighted by Gasteiger charge is 2.24. The molecular weight excluding hydrogens is 234 g/mol. The van der Waals surface area contributed by atoms with Crippen LogP contribution in [0.2, 0.25) is 0 Å². The topological polar surface area (TPSA) is 52.3 Å². The fraction of sp³-hybridized carbons (Fsp3) is 0.923. The normalized spacial score (nSPS) is 24.9. The fourth-order valence-corrected chi connectivity index (χ4v) is 3.34. The zero-order valence-corrected chi connectivity index (χ0v) is 12.0. The third kappa shape index (κ3) is 6.32. The Bertz CT molecular complexity index is 250. The van der Waals surface area contributed by atoms with Crippen LogP contribution < -0.4 is 5.73 Å². The van der Waals surface area contributed by atoms with Gasteiger partial charge in [-0.2, -0.15) is 11.8 Å². The highest BCUT2D eigenvalue weighted by Crippen LogP contribution is 2.29. The van der Waals surface area contributed by atoms with E-state index in [1.54, 1.807) is 0 Å². The largest absolute Gasteiger partial charge is 0.460 e. The molecule has 0 aromatic heterocycles. The van der Waals surface area contributed by atoms with Crippen molar-refractivity contribution in [3.8, 4) is 0 Å². The molecule has 0 radical (unpaired) electrons. The van der Waals surface area contributed by atoms with E-state index in [-0.39, 0.29) is 11.6 Å². The van der Waals surface area contributed by atoms with Gasteiger partial charge in [-0.05, 0) is 45.8 Å². The summed E-state index contributed by atoms with van der Waals surface area (Å²) >= 11 is 1.92. The van der Waals surface area contributed by atoms with Crippen LogP contribution in [0, 0.1) is 0 Å². The van der Waals surface area contributed by atoms with E-state index in [2.05, 4.69) is 0 Å². The first-order valence-corrected chi connectivity index (χ1v) is 7.52. The van der Waals surface area contributed by atoms with E-state index < -0.39 is 0 Å². The molecule has 0 amide bonds. The number of thioether (sulfide) groups is 1. The summed E-state index contributed by atoms with van der Waals surface area (Å²) in [5.41, 5.74) is 5.63. The van der Waals surface area contributed by atoms with E-state index >= 15 is 0 Å². The Morgan fingerprint density at radius 1 is 1.41 bits per heavy atom. The molecule has 0 bridgehead atoms. The van der Waals surface area contributed by atoms with Crippen LogP contribution in [0.25, 0.3) is 0 Å². The van der Waals surface area contributed by atoms with Gasteiger partial charge in [0, 0.05) is 17.7 Å². The lowest BCUT2D eigenvalue weighted by molar-refractivity contribution is -0.154. The first-order valence-electron chi connectivity index (χ1n) is 6.47. The van der Waals surface area contributed by atoms with Crippen LogP contribution in [-0.4, -0.2) is 28.6 Å². The predicted octanol–water partition coefficient (Wildman–Crippen LogP) is 2.72. The molecular formula is C13H25NO2S. The minimum Gasteiger partial charge on any atom is -0.460 e. The van der Waals surface area contributed by atoms with Crippen LogP contribution in [0.15, 0.2) is 0 Å². The van der Waals surface area contributed by atoms with Crippen molar-refractivity contribution in [3.63, 3.8) is 0 Å². The molecule has 100 valence electrons. The van der Waals surface area contributed by atoms with Crippen molar-refractivity contribution in [2.45, 2.75) is 69.8 Å². The van der Waals surface area contributed by atoms with E-state index in [9.17, 15) is 4.79 Å². The quantitative estimate of drug-likeness (QED) is 0.609. The molecule has 0 aromatic carbocycles. The van der Waals surface area contributed by atoms with Crippen LogP contribution >= 0.6 is 11.8 Å². The van der Waals surface area contributed by atoms with E-state index in [4.69, 9.17) is 10.5 Å². The van der Waals surface area contributed by atoms with Crippen LogP contribution in [0.1, 0.15) is 52.9 Å². The molecule has 3 nitrogen and oxygen atoms in total. The minimum absolute atomic E-state index is 0.0891. The van der Waals surface area contributed by atoms with Gasteiger partial charge in [-0.1, -0.05) is 6.42 Å². The van der Waals surface area contributed by atoms with Crippen molar-refractivity contribution in [3.05, 3.63) is 0 Å². The maximum atomic E-state index is 11.5. The Hall–Kier alpha value is -0.220. The number of hydrogen-bond donors (Lipinski definition) is 1. The average molecular weight is 259 g/mol. The number of esters is 1. The second-order valence-electron chi connectivity index (χ2n) is 5.69. The summed E-state index contributed by atoms with van der Waals surface area (Å²) in [7, 11) is 0. The SMILES string of the molecule is CC(C)(C)OC(=O)CCCSC1CCCC1N. The second-order valence-corrected chi connectivity index (χ2v) is 7.04. The summed E-state index contributed by atoms with van der Waals surface area (Å²) in [6.07, 6.45) is 5.06. The maximum Gasteiger partial charge on any atom is 0.306 e. The van der Waals surface area contributed by atoms with Gasteiger partial charge in [0.15, 0.2) is 0 Å². The molecule has 1 aliphatic rings. The van der Waals surface area contributed by atoms with Crippen molar-refractivity contribution < 1.29 is 9.53 Å². The number of rotatable bonds is 5. The smallest absolute Gasteiger partial charge is 0.306 e. The standard InChI is InChI=1S/C13H25NO2S/c1-13(2,3)16-12(15)8-5-9-17-11-7-4-6-10(11)14/h10-11H,4-9,14H2,1-3H3. The molecule has 2 atom stereocenters. The maximum absolute atomic E-state index is 11.5. The van der Waals surface area contributed by atoms with Crippen molar-refractivity contribution in [1.82, 2.24) is 0 Å². The zero-order chi connectivity index (χ0) is 12.9. The van der Waals surface area contributed by atoms with Gasteiger partial charge in [0.1, 0.15) is 5.60 Å². The summed E-state index contributed by atoms with van der Waals surface area (Å²) in [5.74, 6) is 0.922.